The Balaban J connectivity index is 2.29. The summed E-state index contributed by atoms with van der Waals surface area (Å²) in [6.45, 7) is 6.01. The fourth-order valence-electron chi connectivity index (χ4n) is 2.25. The summed E-state index contributed by atoms with van der Waals surface area (Å²) >= 11 is 0. The Hall–Kier alpha value is -1.28. The number of aliphatic hydroxyl groups is 1. The van der Waals surface area contributed by atoms with E-state index in [2.05, 4.69) is 24.0 Å². The van der Waals surface area contributed by atoms with Gasteiger partial charge in [0, 0.05) is 24.3 Å². The lowest BCUT2D eigenvalue weighted by molar-refractivity contribution is 0.199. The Morgan fingerprint density at radius 1 is 1.31 bits per heavy atom. The van der Waals surface area contributed by atoms with Crippen molar-refractivity contribution in [1.82, 2.24) is 0 Å². The van der Waals surface area contributed by atoms with Gasteiger partial charge in [0.05, 0.1) is 6.10 Å². The highest BCUT2D eigenvalue weighted by molar-refractivity contribution is 5.56. The second-order valence-corrected chi connectivity index (χ2v) is 4.50. The van der Waals surface area contributed by atoms with Crippen molar-refractivity contribution >= 4 is 5.69 Å². The van der Waals surface area contributed by atoms with E-state index in [1.165, 1.54) is 11.3 Å². The molecule has 1 heterocycles. The second kappa shape index (κ2) is 4.71. The van der Waals surface area contributed by atoms with Crippen LogP contribution >= 0.6 is 0 Å². The number of nitrogens with zero attached hydrogens (tertiary/aromatic N) is 1. The van der Waals surface area contributed by atoms with Crippen molar-refractivity contribution in [2.45, 2.75) is 26.4 Å². The molecule has 1 atom stereocenters. The molecule has 0 aromatic heterocycles. The monoisotopic (exact) mass is 217 g/mol. The summed E-state index contributed by atoms with van der Waals surface area (Å²) in [6, 6.07) is 8.13. The van der Waals surface area contributed by atoms with Gasteiger partial charge < -0.3 is 10.0 Å². The molecule has 0 spiro atoms. The molecule has 0 amide bonds. The van der Waals surface area contributed by atoms with E-state index in [-0.39, 0.29) is 0 Å². The van der Waals surface area contributed by atoms with E-state index in [1.807, 2.05) is 25.1 Å². The fourth-order valence-corrected chi connectivity index (χ4v) is 2.25. The van der Waals surface area contributed by atoms with E-state index in [9.17, 15) is 5.11 Å². The first kappa shape index (κ1) is 11.2. The maximum Gasteiger partial charge on any atom is 0.0781 e. The topological polar surface area (TPSA) is 23.5 Å². The number of aliphatic hydroxyl groups excluding tert-OH is 1. The number of anilines is 1. The largest absolute Gasteiger partial charge is 0.389 e. The molecule has 16 heavy (non-hydrogen) atoms. The first-order valence-electron chi connectivity index (χ1n) is 5.86. The summed E-state index contributed by atoms with van der Waals surface area (Å²) in [4.78, 5) is 2.34. The fraction of sp³-hybridized carbons (Fsp3) is 0.429. The molecule has 1 unspecified atom stereocenters. The number of hydrogen-bond donors (Lipinski definition) is 1. The summed E-state index contributed by atoms with van der Waals surface area (Å²) in [5, 5.41) is 9.76. The number of benzene rings is 1. The third-order valence-electron chi connectivity index (χ3n) is 3.06. The summed E-state index contributed by atoms with van der Waals surface area (Å²) in [5.41, 5.74) is 3.61. The molecule has 2 heteroatoms. The van der Waals surface area contributed by atoms with Gasteiger partial charge in [-0.3, -0.25) is 0 Å². The van der Waals surface area contributed by atoms with Crippen LogP contribution in [0.25, 0.3) is 0 Å². The van der Waals surface area contributed by atoms with Crippen molar-refractivity contribution in [3.05, 3.63) is 41.5 Å². The molecule has 0 bridgehead atoms. The molecular formula is C14H19NO. The van der Waals surface area contributed by atoms with Gasteiger partial charge in [0.15, 0.2) is 0 Å². The third kappa shape index (κ3) is 2.27. The Kier molecular flexibility index (Phi) is 3.30. The molecule has 0 fully saturated rings. The minimum absolute atomic E-state index is 0.401. The molecule has 0 radical (unpaired) electrons. The van der Waals surface area contributed by atoms with Gasteiger partial charge in [0.1, 0.15) is 0 Å². The van der Waals surface area contributed by atoms with Gasteiger partial charge in [-0.2, -0.15) is 0 Å². The average Bonchev–Trinajstić information content (AvgIpc) is 2.29. The van der Waals surface area contributed by atoms with Crippen LogP contribution in [-0.2, 0) is 0 Å². The van der Waals surface area contributed by atoms with Crippen LogP contribution in [0.2, 0.25) is 0 Å². The number of hydrogen-bond acceptors (Lipinski definition) is 2. The number of rotatable bonds is 2. The zero-order chi connectivity index (χ0) is 11.5. The Bertz CT molecular complexity index is 395. The third-order valence-corrected chi connectivity index (χ3v) is 3.06. The Morgan fingerprint density at radius 2 is 2.06 bits per heavy atom. The van der Waals surface area contributed by atoms with Gasteiger partial charge in [-0.05, 0) is 26.3 Å². The maximum atomic E-state index is 9.76. The first-order chi connectivity index (χ1) is 7.68. The minimum Gasteiger partial charge on any atom is -0.389 e. The van der Waals surface area contributed by atoms with Crippen LogP contribution in [0.15, 0.2) is 35.9 Å². The molecule has 0 saturated heterocycles. The van der Waals surface area contributed by atoms with Crippen molar-refractivity contribution in [2.24, 2.45) is 0 Å². The van der Waals surface area contributed by atoms with E-state index in [4.69, 9.17) is 0 Å². The van der Waals surface area contributed by atoms with Crippen LogP contribution in [0.1, 0.15) is 31.9 Å². The van der Waals surface area contributed by atoms with Gasteiger partial charge in [0.2, 0.25) is 0 Å². The van der Waals surface area contributed by atoms with Crippen LogP contribution in [0, 0.1) is 0 Å². The molecule has 0 aliphatic carbocycles. The van der Waals surface area contributed by atoms with E-state index in [0.717, 1.165) is 25.1 Å². The van der Waals surface area contributed by atoms with Gasteiger partial charge >= 0.3 is 0 Å². The molecule has 86 valence electrons. The van der Waals surface area contributed by atoms with Gasteiger partial charge in [-0.25, -0.2) is 0 Å². The predicted molar refractivity (Wildman–Crippen MR) is 67.7 cm³/mol. The molecule has 1 aliphatic rings. The van der Waals surface area contributed by atoms with Crippen LogP contribution in [0.4, 0.5) is 5.69 Å². The Morgan fingerprint density at radius 3 is 2.75 bits per heavy atom. The lowest BCUT2D eigenvalue weighted by atomic mass is 10.0. The van der Waals surface area contributed by atoms with Crippen LogP contribution in [0.5, 0.6) is 0 Å². The van der Waals surface area contributed by atoms with E-state index in [0.29, 0.717) is 0 Å². The summed E-state index contributed by atoms with van der Waals surface area (Å²) < 4.78 is 0. The lowest BCUT2D eigenvalue weighted by Gasteiger charge is -2.30. The molecule has 2 nitrogen and oxygen atoms in total. The van der Waals surface area contributed by atoms with E-state index in [1.54, 1.807) is 0 Å². The molecular weight excluding hydrogens is 198 g/mol. The predicted octanol–water partition coefficient (Wildman–Crippen LogP) is 2.90. The zero-order valence-corrected chi connectivity index (χ0v) is 9.98. The molecule has 1 aliphatic heterocycles. The van der Waals surface area contributed by atoms with Crippen molar-refractivity contribution < 1.29 is 5.11 Å². The highest BCUT2D eigenvalue weighted by Crippen LogP contribution is 2.28. The van der Waals surface area contributed by atoms with E-state index < -0.39 is 6.10 Å². The highest BCUT2D eigenvalue weighted by Gasteiger charge is 2.15. The Labute approximate surface area is 97.2 Å². The van der Waals surface area contributed by atoms with Crippen molar-refractivity contribution in [3.8, 4) is 0 Å². The van der Waals surface area contributed by atoms with Gasteiger partial charge in [-0.15, -0.1) is 0 Å². The van der Waals surface area contributed by atoms with E-state index >= 15 is 0 Å². The lowest BCUT2D eigenvalue weighted by Crippen LogP contribution is -2.30. The molecule has 2 rings (SSSR count). The molecule has 1 aromatic rings. The highest BCUT2D eigenvalue weighted by atomic mass is 16.3. The summed E-state index contributed by atoms with van der Waals surface area (Å²) in [6.07, 6.45) is 2.99. The molecule has 1 aromatic carbocycles. The van der Waals surface area contributed by atoms with Crippen molar-refractivity contribution in [2.75, 3.05) is 18.0 Å². The zero-order valence-electron chi connectivity index (χ0n) is 9.98. The minimum atomic E-state index is -0.401. The smallest absolute Gasteiger partial charge is 0.0781 e. The normalized spacial score (nSPS) is 18.2. The van der Waals surface area contributed by atoms with Gasteiger partial charge in [-0.1, -0.05) is 29.8 Å². The SMILES string of the molecule is CC1=CCCN(c2ccccc2C(C)O)C1. The summed E-state index contributed by atoms with van der Waals surface area (Å²) in [5.74, 6) is 0. The molecule has 0 saturated carbocycles. The van der Waals surface area contributed by atoms with Crippen molar-refractivity contribution in [3.63, 3.8) is 0 Å². The summed E-state index contributed by atoms with van der Waals surface area (Å²) in [7, 11) is 0. The average molecular weight is 217 g/mol. The van der Waals surface area contributed by atoms with Crippen LogP contribution in [0.3, 0.4) is 0 Å². The van der Waals surface area contributed by atoms with Crippen LogP contribution in [-0.4, -0.2) is 18.2 Å². The van der Waals surface area contributed by atoms with Crippen LogP contribution < -0.4 is 4.90 Å². The second-order valence-electron chi connectivity index (χ2n) is 4.50. The van der Waals surface area contributed by atoms with Crippen molar-refractivity contribution in [1.29, 1.82) is 0 Å². The standard InChI is InChI=1S/C14H19NO/c1-11-6-5-9-15(10-11)14-8-4-3-7-13(14)12(2)16/h3-4,6-8,12,16H,5,9-10H2,1-2H3. The maximum absolute atomic E-state index is 9.76. The quantitative estimate of drug-likeness (QED) is 0.770. The number of para-hydroxylation sites is 1. The molecule has 1 N–H and O–H groups in total. The first-order valence-corrected chi connectivity index (χ1v) is 5.86. The van der Waals surface area contributed by atoms with Gasteiger partial charge in [0.25, 0.3) is 0 Å².